The standard InChI is InChI=1S/C28H36N2O3/c1-21-17-22(2)26(23(3)18-21)29-27(32)28(13-10-14-28)30(15-8-5-9-16-30)19-25(31)33-20-24-11-6-4-7-12-24/h4,6-7,11-12,17-18H,5,8-10,13-16,19-20H2,1-3H3/p+1. The summed E-state index contributed by atoms with van der Waals surface area (Å²) in [7, 11) is 0. The number of ether oxygens (including phenoxy) is 1. The fourth-order valence-electron chi connectivity index (χ4n) is 5.92. The monoisotopic (exact) mass is 449 g/mol. The lowest BCUT2D eigenvalue weighted by Gasteiger charge is -2.57. The first-order chi connectivity index (χ1) is 15.9. The van der Waals surface area contributed by atoms with Crippen molar-refractivity contribution in [3.05, 3.63) is 64.7 Å². The molecule has 2 fully saturated rings. The molecule has 1 saturated heterocycles. The number of piperidine rings is 1. The van der Waals surface area contributed by atoms with Crippen molar-refractivity contribution < 1.29 is 18.8 Å². The number of esters is 1. The summed E-state index contributed by atoms with van der Waals surface area (Å²) in [5, 5.41) is 3.29. The Morgan fingerprint density at radius 2 is 1.58 bits per heavy atom. The first-order valence-electron chi connectivity index (χ1n) is 12.3. The molecule has 0 aromatic heterocycles. The number of carbonyl (C=O) groups is 2. The Bertz CT molecular complexity index is 982. The average molecular weight is 450 g/mol. The van der Waals surface area contributed by atoms with E-state index in [0.29, 0.717) is 4.48 Å². The van der Waals surface area contributed by atoms with Gasteiger partial charge in [-0.05, 0) is 63.1 Å². The largest absolute Gasteiger partial charge is 0.457 e. The Hall–Kier alpha value is -2.66. The zero-order valence-electron chi connectivity index (χ0n) is 20.3. The number of nitrogens with one attached hydrogen (secondary N) is 1. The number of anilines is 1. The van der Waals surface area contributed by atoms with Gasteiger partial charge in [-0.1, -0.05) is 48.0 Å². The van der Waals surface area contributed by atoms with Crippen LogP contribution in [0.2, 0.25) is 0 Å². The van der Waals surface area contributed by atoms with Crippen molar-refractivity contribution in [3.8, 4) is 0 Å². The molecule has 0 atom stereocenters. The third-order valence-corrected chi connectivity index (χ3v) is 7.77. The Morgan fingerprint density at radius 3 is 2.15 bits per heavy atom. The maximum absolute atomic E-state index is 13.9. The molecule has 2 aromatic rings. The van der Waals surface area contributed by atoms with Crippen LogP contribution in [0.4, 0.5) is 5.69 Å². The summed E-state index contributed by atoms with van der Waals surface area (Å²) >= 11 is 0. The minimum absolute atomic E-state index is 0.0709. The second-order valence-corrected chi connectivity index (χ2v) is 10.1. The van der Waals surface area contributed by atoms with Gasteiger partial charge < -0.3 is 14.5 Å². The molecule has 1 heterocycles. The summed E-state index contributed by atoms with van der Waals surface area (Å²) in [6.07, 6.45) is 5.93. The van der Waals surface area contributed by atoms with Gasteiger partial charge in [0.15, 0.2) is 12.1 Å². The number of aryl methyl sites for hydroxylation is 3. The lowest BCUT2D eigenvalue weighted by molar-refractivity contribution is -0.970. The van der Waals surface area contributed by atoms with Crippen molar-refractivity contribution in [3.63, 3.8) is 0 Å². The molecule has 1 saturated carbocycles. The quantitative estimate of drug-likeness (QED) is 0.466. The van der Waals surface area contributed by atoms with Gasteiger partial charge in [-0.15, -0.1) is 0 Å². The predicted octanol–water partition coefficient (Wildman–Crippen LogP) is 5.22. The first-order valence-corrected chi connectivity index (χ1v) is 12.3. The van der Waals surface area contributed by atoms with Crippen molar-refractivity contribution >= 4 is 17.6 Å². The number of quaternary nitrogens is 1. The lowest BCUT2D eigenvalue weighted by Crippen LogP contribution is -2.74. The van der Waals surface area contributed by atoms with Crippen LogP contribution in [0.5, 0.6) is 0 Å². The molecule has 5 heteroatoms. The molecular formula is C28H37N2O3+. The number of hydrogen-bond acceptors (Lipinski definition) is 3. The van der Waals surface area contributed by atoms with Crippen LogP contribution in [-0.4, -0.2) is 41.5 Å². The molecule has 2 aliphatic rings. The number of amides is 1. The second-order valence-electron chi connectivity index (χ2n) is 10.1. The van der Waals surface area contributed by atoms with Crippen molar-refractivity contribution in [2.24, 2.45) is 0 Å². The van der Waals surface area contributed by atoms with Crippen LogP contribution >= 0.6 is 0 Å². The van der Waals surface area contributed by atoms with Gasteiger partial charge in [0.2, 0.25) is 0 Å². The van der Waals surface area contributed by atoms with Gasteiger partial charge in [-0.25, -0.2) is 4.79 Å². The third kappa shape index (κ3) is 4.70. The van der Waals surface area contributed by atoms with E-state index in [1.54, 1.807) is 0 Å². The smallest absolute Gasteiger partial charge is 0.362 e. The highest BCUT2D eigenvalue weighted by molar-refractivity contribution is 5.99. The number of benzene rings is 2. The van der Waals surface area contributed by atoms with E-state index in [1.165, 1.54) is 5.56 Å². The van der Waals surface area contributed by atoms with Crippen molar-refractivity contribution in [2.75, 3.05) is 25.0 Å². The van der Waals surface area contributed by atoms with Gasteiger partial charge in [0.25, 0.3) is 5.91 Å². The fraction of sp³-hybridized carbons (Fsp3) is 0.500. The van der Waals surface area contributed by atoms with E-state index in [9.17, 15) is 9.59 Å². The molecule has 0 unspecified atom stereocenters. The highest BCUT2D eigenvalue weighted by Crippen LogP contribution is 2.46. The van der Waals surface area contributed by atoms with E-state index in [2.05, 4.69) is 38.2 Å². The van der Waals surface area contributed by atoms with E-state index in [-0.39, 0.29) is 25.0 Å². The summed E-state index contributed by atoms with van der Waals surface area (Å²) in [4.78, 5) is 26.9. The average Bonchev–Trinajstić information content (AvgIpc) is 2.75. The van der Waals surface area contributed by atoms with Crippen LogP contribution in [0.3, 0.4) is 0 Å². The van der Waals surface area contributed by atoms with Crippen molar-refractivity contribution in [1.29, 1.82) is 0 Å². The Labute approximate surface area is 197 Å². The topological polar surface area (TPSA) is 55.4 Å². The maximum atomic E-state index is 13.9. The van der Waals surface area contributed by atoms with Crippen LogP contribution in [0.1, 0.15) is 60.8 Å². The Kier molecular flexibility index (Phi) is 6.89. The molecule has 0 spiro atoms. The van der Waals surface area contributed by atoms with E-state index < -0.39 is 5.54 Å². The molecule has 4 rings (SSSR count). The predicted molar refractivity (Wildman–Crippen MR) is 131 cm³/mol. The molecular weight excluding hydrogens is 412 g/mol. The third-order valence-electron chi connectivity index (χ3n) is 7.77. The van der Waals surface area contributed by atoms with Crippen LogP contribution < -0.4 is 5.32 Å². The van der Waals surface area contributed by atoms with Crippen LogP contribution in [0.15, 0.2) is 42.5 Å². The van der Waals surface area contributed by atoms with E-state index >= 15 is 0 Å². The normalized spacial score (nSPS) is 18.8. The molecule has 1 amide bonds. The molecule has 176 valence electrons. The minimum atomic E-state index is -0.546. The number of carbonyl (C=O) groups excluding carboxylic acids is 2. The second kappa shape index (κ2) is 9.68. The summed E-state index contributed by atoms with van der Waals surface area (Å²) < 4.78 is 6.22. The number of rotatable bonds is 7. The summed E-state index contributed by atoms with van der Waals surface area (Å²) in [6.45, 7) is 8.45. The zero-order valence-corrected chi connectivity index (χ0v) is 20.3. The van der Waals surface area contributed by atoms with Gasteiger partial charge in [-0.3, -0.25) is 4.79 Å². The van der Waals surface area contributed by atoms with E-state index in [0.717, 1.165) is 74.0 Å². The van der Waals surface area contributed by atoms with Gasteiger partial charge >= 0.3 is 5.97 Å². The SMILES string of the molecule is Cc1cc(C)c(NC(=O)C2([N+]3(CC(=O)OCc4ccccc4)CCCCC3)CCC2)c(C)c1. The maximum Gasteiger partial charge on any atom is 0.362 e. The lowest BCUT2D eigenvalue weighted by atomic mass is 9.71. The van der Waals surface area contributed by atoms with Gasteiger partial charge in [0.05, 0.1) is 13.1 Å². The molecule has 1 aliphatic carbocycles. The minimum Gasteiger partial charge on any atom is -0.457 e. The Balaban J connectivity index is 1.55. The highest BCUT2D eigenvalue weighted by Gasteiger charge is 2.61. The van der Waals surface area contributed by atoms with E-state index in [1.807, 2.05) is 30.3 Å². The van der Waals surface area contributed by atoms with Gasteiger partial charge in [-0.2, -0.15) is 0 Å². The summed E-state index contributed by atoms with van der Waals surface area (Å²) in [5.74, 6) is -0.135. The van der Waals surface area contributed by atoms with Crippen molar-refractivity contribution in [2.45, 2.75) is 71.4 Å². The fourth-order valence-corrected chi connectivity index (χ4v) is 5.92. The molecule has 2 aromatic carbocycles. The zero-order chi connectivity index (χ0) is 23.5. The van der Waals surface area contributed by atoms with Crippen molar-refractivity contribution in [1.82, 2.24) is 0 Å². The Morgan fingerprint density at radius 1 is 0.939 bits per heavy atom. The number of likely N-dealkylation sites (tertiary alicyclic amines) is 1. The first kappa shape index (κ1) is 23.5. The van der Waals surface area contributed by atoms with Crippen LogP contribution in [0, 0.1) is 20.8 Å². The molecule has 5 nitrogen and oxygen atoms in total. The molecule has 0 radical (unpaired) electrons. The van der Waals surface area contributed by atoms with E-state index in [4.69, 9.17) is 4.74 Å². The molecule has 33 heavy (non-hydrogen) atoms. The highest BCUT2D eigenvalue weighted by atomic mass is 16.5. The summed E-state index contributed by atoms with van der Waals surface area (Å²) in [5.41, 5.74) is 4.72. The van der Waals surface area contributed by atoms with Crippen LogP contribution in [0.25, 0.3) is 0 Å². The number of hydrogen-bond donors (Lipinski definition) is 1. The summed E-state index contributed by atoms with van der Waals surface area (Å²) in [6, 6.07) is 14.0. The van der Waals surface area contributed by atoms with Gasteiger partial charge in [0.1, 0.15) is 6.61 Å². The molecule has 0 bridgehead atoms. The molecule has 1 aliphatic heterocycles. The molecule has 1 N–H and O–H groups in total. The number of nitrogens with zero attached hydrogens (tertiary/aromatic N) is 1. The van der Waals surface area contributed by atoms with Crippen LogP contribution in [-0.2, 0) is 20.9 Å². The van der Waals surface area contributed by atoms with Gasteiger partial charge in [0, 0.05) is 18.5 Å².